The highest BCUT2D eigenvalue weighted by Crippen LogP contribution is 2.67. The third-order valence-corrected chi connectivity index (χ3v) is 9.10. The van der Waals surface area contributed by atoms with Gasteiger partial charge >= 0.3 is 0 Å². The van der Waals surface area contributed by atoms with Crippen LogP contribution in [0, 0.1) is 46.3 Å². The fourth-order valence-electron chi connectivity index (χ4n) is 8.29. The predicted octanol–water partition coefficient (Wildman–Crippen LogP) is 4.02. The quantitative estimate of drug-likeness (QED) is 0.780. The number of rotatable bonds is 1. The molecule has 4 saturated carbocycles. The van der Waals surface area contributed by atoms with E-state index in [2.05, 4.69) is 20.8 Å². The lowest BCUT2D eigenvalue weighted by molar-refractivity contribution is -0.162. The van der Waals surface area contributed by atoms with Gasteiger partial charge in [-0.25, -0.2) is 0 Å². The van der Waals surface area contributed by atoms with E-state index >= 15 is 0 Å². The van der Waals surface area contributed by atoms with Crippen LogP contribution in [0.3, 0.4) is 0 Å². The van der Waals surface area contributed by atoms with Crippen LogP contribution in [0.15, 0.2) is 0 Å². The molecule has 0 aromatic heterocycles. The molecule has 4 fully saturated rings. The molecule has 1 N–H and O–H groups in total. The second kappa shape index (κ2) is 5.65. The number of aliphatic hydroxyl groups is 1. The van der Waals surface area contributed by atoms with Crippen molar-refractivity contribution in [1.29, 1.82) is 0 Å². The van der Waals surface area contributed by atoms with Crippen LogP contribution in [-0.4, -0.2) is 22.8 Å². The molecular formula is C22H34O3. The average Bonchev–Trinajstić information content (AvgIpc) is 2.77. The molecule has 4 rings (SSSR count). The van der Waals surface area contributed by atoms with E-state index in [0.29, 0.717) is 35.9 Å². The minimum absolute atomic E-state index is 0.0566. The van der Waals surface area contributed by atoms with Gasteiger partial charge < -0.3 is 5.11 Å². The van der Waals surface area contributed by atoms with Gasteiger partial charge in [-0.2, -0.15) is 0 Å². The molecule has 0 aromatic rings. The Morgan fingerprint density at radius 2 is 1.84 bits per heavy atom. The molecule has 3 heteroatoms. The first-order chi connectivity index (χ1) is 11.7. The van der Waals surface area contributed by atoms with Crippen molar-refractivity contribution in [2.75, 3.05) is 0 Å². The minimum atomic E-state index is -0.174. The maximum atomic E-state index is 13.4. The fraction of sp³-hybridized carbons (Fsp3) is 0.909. The van der Waals surface area contributed by atoms with Gasteiger partial charge in [0.25, 0.3) is 0 Å². The zero-order valence-electron chi connectivity index (χ0n) is 16.3. The fourth-order valence-corrected chi connectivity index (χ4v) is 8.29. The predicted molar refractivity (Wildman–Crippen MR) is 96.8 cm³/mol. The highest BCUT2D eigenvalue weighted by molar-refractivity contribution is 5.87. The van der Waals surface area contributed by atoms with Crippen molar-refractivity contribution in [2.45, 2.75) is 78.7 Å². The molecule has 140 valence electrons. The van der Waals surface area contributed by atoms with Crippen molar-refractivity contribution < 1.29 is 14.7 Å². The van der Waals surface area contributed by atoms with Crippen molar-refractivity contribution in [2.24, 2.45) is 46.3 Å². The largest absolute Gasteiger partial charge is 0.393 e. The maximum Gasteiger partial charge on any atom is 0.137 e. The molecule has 0 aromatic carbocycles. The van der Waals surface area contributed by atoms with E-state index in [4.69, 9.17) is 0 Å². The van der Waals surface area contributed by atoms with Crippen LogP contribution in [0.5, 0.6) is 0 Å². The lowest BCUT2D eigenvalue weighted by Crippen LogP contribution is -2.58. The summed E-state index contributed by atoms with van der Waals surface area (Å²) in [6, 6.07) is 0. The molecule has 0 amide bonds. The van der Waals surface area contributed by atoms with Gasteiger partial charge in [-0.3, -0.25) is 9.59 Å². The minimum Gasteiger partial charge on any atom is -0.393 e. The van der Waals surface area contributed by atoms with Gasteiger partial charge in [0.2, 0.25) is 0 Å². The van der Waals surface area contributed by atoms with E-state index in [1.165, 1.54) is 0 Å². The third kappa shape index (κ3) is 2.33. The summed E-state index contributed by atoms with van der Waals surface area (Å²) in [6.45, 7) is 8.52. The zero-order chi connectivity index (χ0) is 18.1. The number of carbonyl (C=O) groups is 2. The van der Waals surface area contributed by atoms with Gasteiger partial charge in [-0.05, 0) is 80.0 Å². The van der Waals surface area contributed by atoms with Crippen LogP contribution < -0.4 is 0 Å². The molecule has 4 aliphatic rings. The van der Waals surface area contributed by atoms with E-state index in [1.807, 2.05) is 0 Å². The molecular weight excluding hydrogens is 312 g/mol. The zero-order valence-corrected chi connectivity index (χ0v) is 16.3. The van der Waals surface area contributed by atoms with Gasteiger partial charge in [0, 0.05) is 18.3 Å². The summed E-state index contributed by atoms with van der Waals surface area (Å²) in [4.78, 5) is 25.8. The smallest absolute Gasteiger partial charge is 0.137 e. The Bertz CT molecular complexity index is 598. The van der Waals surface area contributed by atoms with Crippen LogP contribution in [0.1, 0.15) is 72.6 Å². The Morgan fingerprint density at radius 1 is 1.12 bits per heavy atom. The monoisotopic (exact) mass is 346 g/mol. The van der Waals surface area contributed by atoms with Gasteiger partial charge in [0.15, 0.2) is 0 Å². The molecule has 9 atom stereocenters. The van der Waals surface area contributed by atoms with E-state index in [9.17, 15) is 14.7 Å². The van der Waals surface area contributed by atoms with E-state index in [1.54, 1.807) is 6.92 Å². The Kier molecular flexibility index (Phi) is 4.00. The first kappa shape index (κ1) is 17.7. The van der Waals surface area contributed by atoms with Gasteiger partial charge in [-0.1, -0.05) is 20.8 Å². The van der Waals surface area contributed by atoms with Crippen LogP contribution in [0.4, 0.5) is 0 Å². The maximum absolute atomic E-state index is 13.4. The second-order valence-corrected chi connectivity index (χ2v) is 10.4. The van der Waals surface area contributed by atoms with Crippen molar-refractivity contribution in [1.82, 2.24) is 0 Å². The topological polar surface area (TPSA) is 54.4 Å². The van der Waals surface area contributed by atoms with Crippen molar-refractivity contribution in [3.8, 4) is 0 Å². The molecule has 4 aliphatic carbocycles. The first-order valence-corrected chi connectivity index (χ1v) is 10.4. The summed E-state index contributed by atoms with van der Waals surface area (Å²) in [5.74, 6) is 2.79. The van der Waals surface area contributed by atoms with Crippen LogP contribution in [0.2, 0.25) is 0 Å². The standard InChI is InChI=1S/C22H34O3/c1-12-9-17-16-6-5-14-10-15(24)7-8-21(14,3)20(16)18(25)11-22(17,4)19(12)13(2)23/h12,14-17,19-20,24H,5-11H2,1-4H3/t12-,14?,15-,16+,17+,19-,20-,21+,22+/m1/s1. The Labute approximate surface area is 151 Å². The number of ketones is 2. The van der Waals surface area contributed by atoms with Gasteiger partial charge in [0.05, 0.1) is 6.10 Å². The van der Waals surface area contributed by atoms with Crippen molar-refractivity contribution in [3.05, 3.63) is 0 Å². The van der Waals surface area contributed by atoms with Gasteiger partial charge in [-0.15, -0.1) is 0 Å². The normalized spacial score (nSPS) is 55.2. The highest BCUT2D eigenvalue weighted by Gasteiger charge is 2.65. The Hall–Kier alpha value is -0.700. The summed E-state index contributed by atoms with van der Waals surface area (Å²) < 4.78 is 0. The lowest BCUT2D eigenvalue weighted by atomic mass is 9.44. The SMILES string of the molecule is CC(=O)[C@H]1[C@H](C)C[C@H]2[C@@H]3CCC4C[C@H](O)CC[C@]4(C)[C@H]3C(=O)C[C@@]21C. The number of fused-ring (bicyclic) bond motifs is 5. The molecule has 1 unspecified atom stereocenters. The number of carbonyl (C=O) groups excluding carboxylic acids is 2. The summed E-state index contributed by atoms with van der Waals surface area (Å²) in [5, 5.41) is 10.1. The van der Waals surface area contributed by atoms with Crippen LogP contribution in [-0.2, 0) is 9.59 Å². The summed E-state index contributed by atoms with van der Waals surface area (Å²) in [7, 11) is 0. The lowest BCUT2D eigenvalue weighted by Gasteiger charge is -2.59. The van der Waals surface area contributed by atoms with E-state index in [0.717, 1.165) is 38.5 Å². The number of hydrogen-bond acceptors (Lipinski definition) is 3. The molecule has 0 saturated heterocycles. The van der Waals surface area contributed by atoms with Crippen LogP contribution >= 0.6 is 0 Å². The van der Waals surface area contributed by atoms with Crippen molar-refractivity contribution >= 4 is 11.6 Å². The molecule has 0 heterocycles. The molecule has 0 spiro atoms. The molecule has 25 heavy (non-hydrogen) atoms. The van der Waals surface area contributed by atoms with Crippen molar-refractivity contribution in [3.63, 3.8) is 0 Å². The Morgan fingerprint density at radius 3 is 2.52 bits per heavy atom. The number of Topliss-reactive ketones (excluding diaryl/α,β-unsaturated/α-hetero) is 2. The second-order valence-electron chi connectivity index (χ2n) is 10.4. The van der Waals surface area contributed by atoms with E-state index < -0.39 is 0 Å². The average molecular weight is 347 g/mol. The molecule has 0 aliphatic heterocycles. The summed E-state index contributed by atoms with van der Waals surface area (Å²) in [5.41, 5.74) is -0.0566. The molecule has 3 nitrogen and oxygen atoms in total. The van der Waals surface area contributed by atoms with Crippen LogP contribution in [0.25, 0.3) is 0 Å². The number of hydrogen-bond donors (Lipinski definition) is 1. The highest BCUT2D eigenvalue weighted by atomic mass is 16.3. The van der Waals surface area contributed by atoms with E-state index in [-0.39, 0.29) is 34.6 Å². The summed E-state index contributed by atoms with van der Waals surface area (Å²) >= 11 is 0. The van der Waals surface area contributed by atoms with Gasteiger partial charge in [0.1, 0.15) is 11.6 Å². The Balaban J connectivity index is 1.70. The summed E-state index contributed by atoms with van der Waals surface area (Å²) in [6.07, 6.45) is 6.50. The number of aliphatic hydroxyl groups excluding tert-OH is 1. The molecule has 0 radical (unpaired) electrons. The molecule has 0 bridgehead atoms. The third-order valence-electron chi connectivity index (χ3n) is 9.10. The first-order valence-electron chi connectivity index (χ1n) is 10.4.